The van der Waals surface area contributed by atoms with Gasteiger partial charge < -0.3 is 16.2 Å². The van der Waals surface area contributed by atoms with E-state index in [4.69, 9.17) is 38.9 Å². The van der Waals surface area contributed by atoms with Crippen LogP contribution < -0.4 is 22.2 Å². The molecule has 8 aromatic rings. The zero-order valence-corrected chi connectivity index (χ0v) is 45.0. The van der Waals surface area contributed by atoms with Gasteiger partial charge >= 0.3 is 5.97 Å². The van der Waals surface area contributed by atoms with Gasteiger partial charge in [0.05, 0.1) is 45.0 Å². The average molecular weight is 1070 g/mol. The number of pyridine rings is 2. The normalized spacial score (nSPS) is 14.6. The number of nitrogens with two attached hydrogens (primary N) is 1. The van der Waals surface area contributed by atoms with E-state index in [0.717, 1.165) is 71.2 Å². The Morgan fingerprint density at radius 2 is 1.12 bits per heavy atom. The number of thiazole rings is 2. The van der Waals surface area contributed by atoms with Crippen LogP contribution in [-0.2, 0) is 32.1 Å². The molecule has 0 radical (unpaired) electrons. The van der Waals surface area contributed by atoms with Gasteiger partial charge in [0.1, 0.15) is 10.0 Å². The molecule has 0 spiro atoms. The van der Waals surface area contributed by atoms with Gasteiger partial charge in [-0.3, -0.25) is 23.5 Å². The SMILES string of the molecule is CCc1cccc(CCCCc2cccc(CC)c2-n2c(CC)c(C(=O)O)cc(-c3nc(-c4ccc(Cl)cc4)cs3)c2=O)c1-n1c(C)c(C(=O)NC2CCC(N)CC2)cc(-c2nc(-c3ccc(Cl)cc3)cs2)c1=O. The number of rotatable bonds is 17. The highest BCUT2D eigenvalue weighted by molar-refractivity contribution is 7.13. The summed E-state index contributed by atoms with van der Waals surface area (Å²) >= 11 is 15.0. The molecule has 4 N–H and O–H groups in total. The molecule has 4 aromatic heterocycles. The summed E-state index contributed by atoms with van der Waals surface area (Å²) in [6.45, 7) is 7.83. The van der Waals surface area contributed by atoms with Crippen molar-refractivity contribution >= 4 is 57.8 Å². The molecule has 380 valence electrons. The zero-order chi connectivity index (χ0) is 52.2. The lowest BCUT2D eigenvalue weighted by molar-refractivity contribution is 0.0694. The van der Waals surface area contributed by atoms with Crippen LogP contribution in [0.2, 0.25) is 10.0 Å². The molecule has 1 amide bonds. The number of carbonyl (C=O) groups excluding carboxylic acids is 1. The van der Waals surface area contributed by atoms with Gasteiger partial charge in [0.25, 0.3) is 17.0 Å². The average Bonchev–Trinajstić information content (AvgIpc) is 4.11. The van der Waals surface area contributed by atoms with E-state index in [-0.39, 0.29) is 40.2 Å². The van der Waals surface area contributed by atoms with Crippen LogP contribution in [0, 0.1) is 6.92 Å². The second kappa shape index (κ2) is 23.0. The molecule has 0 atom stereocenters. The second-order valence-electron chi connectivity index (χ2n) is 18.9. The molecular formula is C59H58Cl2N6O5S2. The molecule has 1 aliphatic carbocycles. The van der Waals surface area contributed by atoms with Gasteiger partial charge in [-0.2, -0.15) is 0 Å². The van der Waals surface area contributed by atoms with E-state index >= 15 is 4.79 Å². The first-order valence-electron chi connectivity index (χ1n) is 25.3. The molecule has 1 fully saturated rings. The molecule has 0 unspecified atom stereocenters. The fraction of sp³-hybridized carbons (Fsp3) is 0.288. The maximum absolute atomic E-state index is 15.2. The lowest BCUT2D eigenvalue weighted by atomic mass is 9.91. The van der Waals surface area contributed by atoms with Gasteiger partial charge in [0, 0.05) is 55.4 Å². The number of aryl methyl sites for hydroxylation is 4. The number of para-hydroxylation sites is 2. The standard InChI is InChI=1S/C59H58Cl2N6O5S2/c1-5-35-14-10-16-39(52(35)66-34(4)45(54(68)63-44-28-26-43(62)27-29-44)30-47(57(66)69)55-64-49(32-73-55)37-18-22-41(60)23-19-37)12-8-9-13-40-17-11-15-36(6-2)53(40)67-51(7-3)46(59(71)72)31-48(58(67)70)56-65-50(33-74-56)38-20-24-42(61)25-21-38/h10-11,14-25,30-33,43-44H,5-9,12-13,26-29,62H2,1-4H3,(H,63,68)(H,71,72). The van der Waals surface area contributed by atoms with Crippen LogP contribution in [0.3, 0.4) is 0 Å². The Hall–Kier alpha value is -6.48. The van der Waals surface area contributed by atoms with Crippen LogP contribution in [0.25, 0.3) is 55.0 Å². The molecule has 1 saturated carbocycles. The van der Waals surface area contributed by atoms with Crippen molar-refractivity contribution in [2.45, 2.75) is 110 Å². The van der Waals surface area contributed by atoms with Crippen molar-refractivity contribution in [1.29, 1.82) is 0 Å². The predicted molar refractivity (Wildman–Crippen MR) is 301 cm³/mol. The zero-order valence-electron chi connectivity index (χ0n) is 41.8. The molecule has 0 saturated heterocycles. The van der Waals surface area contributed by atoms with Crippen molar-refractivity contribution in [3.05, 3.63) is 183 Å². The largest absolute Gasteiger partial charge is 0.478 e. The third-order valence-electron chi connectivity index (χ3n) is 14.2. The van der Waals surface area contributed by atoms with Gasteiger partial charge in [0.15, 0.2) is 0 Å². The van der Waals surface area contributed by atoms with Crippen LogP contribution in [0.4, 0.5) is 0 Å². The number of aromatic nitrogens is 4. The fourth-order valence-electron chi connectivity index (χ4n) is 10.2. The summed E-state index contributed by atoms with van der Waals surface area (Å²) < 4.78 is 3.35. The molecule has 4 heterocycles. The lowest BCUT2D eigenvalue weighted by Gasteiger charge is -2.27. The number of nitrogens with one attached hydrogen (secondary N) is 1. The van der Waals surface area contributed by atoms with E-state index < -0.39 is 5.97 Å². The highest BCUT2D eigenvalue weighted by Crippen LogP contribution is 2.34. The summed E-state index contributed by atoms with van der Waals surface area (Å²) in [5, 5.41) is 19.8. The van der Waals surface area contributed by atoms with E-state index in [1.807, 2.05) is 98.3 Å². The van der Waals surface area contributed by atoms with Crippen molar-refractivity contribution < 1.29 is 14.7 Å². The van der Waals surface area contributed by atoms with Crippen LogP contribution in [0.15, 0.2) is 117 Å². The Labute approximate surface area is 448 Å². The summed E-state index contributed by atoms with van der Waals surface area (Å²) in [6.07, 6.45) is 7.44. The number of carbonyl (C=O) groups is 2. The topological polar surface area (TPSA) is 162 Å². The van der Waals surface area contributed by atoms with E-state index in [1.54, 1.807) is 27.3 Å². The maximum atomic E-state index is 15.2. The number of benzene rings is 4. The Morgan fingerprint density at radius 3 is 1.59 bits per heavy atom. The maximum Gasteiger partial charge on any atom is 0.337 e. The molecular weight excluding hydrogens is 1010 g/mol. The van der Waals surface area contributed by atoms with Crippen molar-refractivity contribution in [3.63, 3.8) is 0 Å². The molecule has 11 nitrogen and oxygen atoms in total. The number of halogens is 2. The Balaban J connectivity index is 1.07. The van der Waals surface area contributed by atoms with Crippen molar-refractivity contribution in [3.8, 4) is 55.0 Å². The molecule has 0 aliphatic heterocycles. The minimum Gasteiger partial charge on any atom is -0.478 e. The molecule has 74 heavy (non-hydrogen) atoms. The van der Waals surface area contributed by atoms with Gasteiger partial charge in [-0.1, -0.05) is 105 Å². The van der Waals surface area contributed by atoms with Crippen molar-refractivity contribution in [2.75, 3.05) is 0 Å². The number of carboxylic acid groups (broad SMARTS) is 1. The number of aromatic carboxylic acids is 1. The molecule has 1 aliphatic rings. The number of amides is 1. The highest BCUT2D eigenvalue weighted by atomic mass is 35.5. The minimum atomic E-state index is -1.12. The van der Waals surface area contributed by atoms with Crippen molar-refractivity contribution in [2.24, 2.45) is 5.73 Å². The number of nitrogens with zero attached hydrogens (tertiary/aromatic N) is 4. The molecule has 9 rings (SSSR count). The molecule has 15 heteroatoms. The fourth-order valence-corrected chi connectivity index (χ4v) is 12.2. The monoisotopic (exact) mass is 1060 g/mol. The van der Waals surface area contributed by atoms with Gasteiger partial charge in [0.2, 0.25) is 0 Å². The highest BCUT2D eigenvalue weighted by Gasteiger charge is 2.28. The van der Waals surface area contributed by atoms with Gasteiger partial charge in [-0.05, 0) is 136 Å². The minimum absolute atomic E-state index is 0.0266. The van der Waals surface area contributed by atoms with Gasteiger partial charge in [-0.25, -0.2) is 14.8 Å². The van der Waals surface area contributed by atoms with E-state index in [2.05, 4.69) is 18.3 Å². The second-order valence-corrected chi connectivity index (χ2v) is 21.4. The van der Waals surface area contributed by atoms with E-state index in [9.17, 15) is 19.5 Å². The summed E-state index contributed by atoms with van der Waals surface area (Å²) in [5.74, 6) is -1.36. The van der Waals surface area contributed by atoms with E-state index in [1.165, 1.54) is 28.7 Å². The number of carboxylic acids is 1. The first-order valence-corrected chi connectivity index (χ1v) is 27.8. The Bertz CT molecular complexity index is 3500. The predicted octanol–water partition coefficient (Wildman–Crippen LogP) is 13.1. The summed E-state index contributed by atoms with van der Waals surface area (Å²) in [7, 11) is 0. The summed E-state index contributed by atoms with van der Waals surface area (Å²) in [5.41, 5.74) is 15.9. The first-order chi connectivity index (χ1) is 35.8. The first kappa shape index (κ1) is 52.4. The molecule has 4 aromatic carbocycles. The number of hydrogen-bond acceptors (Lipinski definition) is 9. The van der Waals surface area contributed by atoms with Crippen molar-refractivity contribution in [1.82, 2.24) is 24.4 Å². The number of hydrogen-bond donors (Lipinski definition) is 3. The third-order valence-corrected chi connectivity index (χ3v) is 16.4. The van der Waals surface area contributed by atoms with Gasteiger partial charge in [-0.15, -0.1) is 22.7 Å². The Kier molecular flexibility index (Phi) is 16.3. The van der Waals surface area contributed by atoms with Crippen LogP contribution in [0.1, 0.15) is 114 Å². The quantitative estimate of drug-likeness (QED) is 0.0759. The Morgan fingerprint density at radius 1 is 0.662 bits per heavy atom. The smallest absolute Gasteiger partial charge is 0.337 e. The summed E-state index contributed by atoms with van der Waals surface area (Å²) in [4.78, 5) is 67.4. The molecule has 0 bridgehead atoms. The summed E-state index contributed by atoms with van der Waals surface area (Å²) in [6, 6.07) is 30.1. The lowest BCUT2D eigenvalue weighted by Crippen LogP contribution is -2.41. The van der Waals surface area contributed by atoms with Crippen LogP contribution >= 0.6 is 45.9 Å². The van der Waals surface area contributed by atoms with Crippen LogP contribution in [0.5, 0.6) is 0 Å². The third kappa shape index (κ3) is 10.9. The number of unbranched alkanes of at least 4 members (excludes halogenated alkanes) is 1. The van der Waals surface area contributed by atoms with Crippen LogP contribution in [-0.4, -0.2) is 48.2 Å². The van der Waals surface area contributed by atoms with E-state index in [0.29, 0.717) is 98.2 Å².